The molecule has 1 aliphatic heterocycles. The van der Waals surface area contributed by atoms with Gasteiger partial charge in [-0.2, -0.15) is 0 Å². The summed E-state index contributed by atoms with van der Waals surface area (Å²) in [7, 11) is 0. The van der Waals surface area contributed by atoms with Crippen LogP contribution in [0.2, 0.25) is 0 Å². The molecule has 0 atom stereocenters. The molecule has 1 aromatic carbocycles. The van der Waals surface area contributed by atoms with E-state index < -0.39 is 0 Å². The number of hydrogen-bond donors (Lipinski definition) is 0. The number of allylic oxidation sites excluding steroid dienone is 1. The van der Waals surface area contributed by atoms with E-state index >= 15 is 0 Å². The predicted octanol–water partition coefficient (Wildman–Crippen LogP) is 2.34. The highest BCUT2D eigenvalue weighted by molar-refractivity contribution is 5.90. The molecule has 0 bridgehead atoms. The summed E-state index contributed by atoms with van der Waals surface area (Å²) in [4.78, 5) is 8.32. The van der Waals surface area contributed by atoms with Crippen LogP contribution in [0.5, 0.6) is 0 Å². The maximum atomic E-state index is 4.24. The zero-order valence-corrected chi connectivity index (χ0v) is 6.51. The molecule has 0 unspecified atom stereocenters. The molecule has 1 aliphatic rings. The molecule has 1 heterocycles. The van der Waals surface area contributed by atoms with Gasteiger partial charge in [0.1, 0.15) is 0 Å². The number of hydrogen-bond acceptors (Lipinski definition) is 2. The van der Waals surface area contributed by atoms with Crippen molar-refractivity contribution in [2.45, 2.75) is 0 Å². The first-order valence-electron chi connectivity index (χ1n) is 3.78. The summed E-state index contributed by atoms with van der Waals surface area (Å²) in [5.41, 5.74) is 2.02. The second-order valence-corrected chi connectivity index (χ2v) is 2.46. The number of benzene rings is 1. The molecular formula is C10H8N2. The Morgan fingerprint density at radius 3 is 3.00 bits per heavy atom. The van der Waals surface area contributed by atoms with E-state index in [1.807, 2.05) is 36.6 Å². The highest BCUT2D eigenvalue weighted by Gasteiger charge is 1.95. The van der Waals surface area contributed by atoms with Gasteiger partial charge in [0.15, 0.2) is 0 Å². The summed E-state index contributed by atoms with van der Waals surface area (Å²) in [6.45, 7) is 0. The number of para-hydroxylation sites is 1. The lowest BCUT2D eigenvalue weighted by atomic mass is 10.2. The molecule has 2 nitrogen and oxygen atoms in total. The van der Waals surface area contributed by atoms with Crippen molar-refractivity contribution in [3.05, 3.63) is 42.1 Å². The average Bonchev–Trinajstić information content (AvgIpc) is 2.06. The Balaban J connectivity index is 2.54. The van der Waals surface area contributed by atoms with Crippen molar-refractivity contribution in [2.24, 2.45) is 9.98 Å². The van der Waals surface area contributed by atoms with Gasteiger partial charge in [0.05, 0.1) is 5.69 Å². The number of fused-ring (bicyclic) bond motifs is 1. The van der Waals surface area contributed by atoms with Crippen molar-refractivity contribution >= 4 is 18.1 Å². The Morgan fingerprint density at radius 2 is 2.00 bits per heavy atom. The second-order valence-electron chi connectivity index (χ2n) is 2.46. The van der Waals surface area contributed by atoms with Crippen LogP contribution in [0.25, 0.3) is 0 Å². The molecule has 0 amide bonds. The SMILES string of the molecule is C1=C\N=C/c2ccccc2\N=C/1. The fourth-order valence-corrected chi connectivity index (χ4v) is 1.05. The Kier molecular flexibility index (Phi) is 1.82. The number of nitrogens with zero attached hydrogens (tertiary/aromatic N) is 2. The molecule has 0 spiro atoms. The topological polar surface area (TPSA) is 24.7 Å². The van der Waals surface area contributed by atoms with Gasteiger partial charge in [-0.3, -0.25) is 9.98 Å². The van der Waals surface area contributed by atoms with E-state index in [4.69, 9.17) is 0 Å². The highest BCUT2D eigenvalue weighted by Crippen LogP contribution is 2.16. The Bertz CT molecular complexity index is 327. The van der Waals surface area contributed by atoms with E-state index in [1.54, 1.807) is 12.4 Å². The molecule has 12 heavy (non-hydrogen) atoms. The lowest BCUT2D eigenvalue weighted by Crippen LogP contribution is -1.83. The summed E-state index contributed by atoms with van der Waals surface area (Å²) in [5.74, 6) is 0. The van der Waals surface area contributed by atoms with Crippen molar-refractivity contribution in [1.82, 2.24) is 0 Å². The van der Waals surface area contributed by atoms with E-state index in [1.165, 1.54) is 0 Å². The molecule has 2 rings (SSSR count). The van der Waals surface area contributed by atoms with E-state index in [2.05, 4.69) is 9.98 Å². The van der Waals surface area contributed by atoms with Crippen LogP contribution in [0.15, 0.2) is 46.5 Å². The fraction of sp³-hybridized carbons (Fsp3) is 0. The minimum Gasteiger partial charge on any atom is -0.264 e. The molecular weight excluding hydrogens is 148 g/mol. The minimum absolute atomic E-state index is 0.964. The molecule has 0 aromatic heterocycles. The molecule has 0 radical (unpaired) electrons. The quantitative estimate of drug-likeness (QED) is 0.550. The van der Waals surface area contributed by atoms with Crippen LogP contribution in [0.1, 0.15) is 5.56 Å². The van der Waals surface area contributed by atoms with Crippen LogP contribution in [0.4, 0.5) is 5.69 Å². The van der Waals surface area contributed by atoms with Crippen LogP contribution in [0, 0.1) is 0 Å². The molecule has 0 N–H and O–H groups in total. The van der Waals surface area contributed by atoms with E-state index in [9.17, 15) is 0 Å². The summed E-state index contributed by atoms with van der Waals surface area (Å²) in [5, 5.41) is 0. The largest absolute Gasteiger partial charge is 0.264 e. The van der Waals surface area contributed by atoms with Gasteiger partial charge in [-0.1, -0.05) is 18.2 Å². The van der Waals surface area contributed by atoms with Crippen molar-refractivity contribution in [3.8, 4) is 0 Å². The third-order valence-electron chi connectivity index (χ3n) is 1.62. The van der Waals surface area contributed by atoms with Crippen LogP contribution >= 0.6 is 0 Å². The van der Waals surface area contributed by atoms with E-state index in [0.29, 0.717) is 0 Å². The third kappa shape index (κ3) is 1.32. The molecule has 0 aliphatic carbocycles. The van der Waals surface area contributed by atoms with Gasteiger partial charge in [0, 0.05) is 24.2 Å². The van der Waals surface area contributed by atoms with E-state index in [0.717, 1.165) is 11.3 Å². The normalized spacial score (nSPS) is 21.7. The Labute approximate surface area is 71.0 Å². The van der Waals surface area contributed by atoms with Gasteiger partial charge in [0.2, 0.25) is 0 Å². The fourth-order valence-electron chi connectivity index (χ4n) is 1.05. The molecule has 0 saturated carbocycles. The second kappa shape index (κ2) is 3.13. The van der Waals surface area contributed by atoms with Gasteiger partial charge in [-0.25, -0.2) is 0 Å². The third-order valence-corrected chi connectivity index (χ3v) is 1.62. The van der Waals surface area contributed by atoms with Gasteiger partial charge in [-0.05, 0) is 12.1 Å². The van der Waals surface area contributed by atoms with Crippen LogP contribution in [0.3, 0.4) is 0 Å². The zero-order chi connectivity index (χ0) is 8.23. The lowest BCUT2D eigenvalue weighted by molar-refractivity contribution is 1.48. The van der Waals surface area contributed by atoms with Gasteiger partial charge >= 0.3 is 0 Å². The van der Waals surface area contributed by atoms with Crippen molar-refractivity contribution < 1.29 is 0 Å². The molecule has 1 aromatic rings. The van der Waals surface area contributed by atoms with E-state index in [-0.39, 0.29) is 0 Å². The van der Waals surface area contributed by atoms with Gasteiger partial charge < -0.3 is 0 Å². The first-order valence-corrected chi connectivity index (χ1v) is 3.78. The molecule has 58 valence electrons. The zero-order valence-electron chi connectivity index (χ0n) is 6.51. The number of aliphatic imine (C=N–C) groups is 2. The van der Waals surface area contributed by atoms with Gasteiger partial charge in [-0.15, -0.1) is 0 Å². The highest BCUT2D eigenvalue weighted by atomic mass is 14.7. The summed E-state index contributed by atoms with van der Waals surface area (Å²) in [6.07, 6.45) is 7.09. The summed E-state index contributed by atoms with van der Waals surface area (Å²) >= 11 is 0. The average molecular weight is 156 g/mol. The first kappa shape index (κ1) is 6.98. The summed E-state index contributed by atoms with van der Waals surface area (Å²) in [6, 6.07) is 7.91. The molecule has 0 fully saturated rings. The van der Waals surface area contributed by atoms with Crippen LogP contribution < -0.4 is 0 Å². The monoisotopic (exact) mass is 156 g/mol. The van der Waals surface area contributed by atoms with Crippen molar-refractivity contribution in [2.75, 3.05) is 0 Å². The summed E-state index contributed by atoms with van der Waals surface area (Å²) < 4.78 is 0. The van der Waals surface area contributed by atoms with Gasteiger partial charge in [0.25, 0.3) is 0 Å². The standard InChI is InChI=1S/C10H8N2/c1-2-5-10-9(4-1)8-11-6-3-7-12-10/h1-8H/b6-3-,7-3?,9-8?,11-6?,11-8-,12-7-,12-10?. The lowest BCUT2D eigenvalue weighted by Gasteiger charge is -1.98. The van der Waals surface area contributed by atoms with Crippen molar-refractivity contribution in [3.63, 3.8) is 0 Å². The van der Waals surface area contributed by atoms with Crippen molar-refractivity contribution in [1.29, 1.82) is 0 Å². The maximum absolute atomic E-state index is 4.24. The Morgan fingerprint density at radius 1 is 1.08 bits per heavy atom. The molecule has 2 heteroatoms. The Hall–Kier alpha value is -1.70. The van der Waals surface area contributed by atoms with Crippen LogP contribution in [-0.4, -0.2) is 12.4 Å². The maximum Gasteiger partial charge on any atom is 0.0717 e. The smallest absolute Gasteiger partial charge is 0.0717 e. The minimum atomic E-state index is 0.964. The predicted molar refractivity (Wildman–Crippen MR) is 51.3 cm³/mol. The first-order chi connectivity index (χ1) is 5.97. The number of rotatable bonds is 0. The molecule has 0 saturated heterocycles. The van der Waals surface area contributed by atoms with Crippen LogP contribution in [-0.2, 0) is 0 Å².